The van der Waals surface area contributed by atoms with Gasteiger partial charge < -0.3 is 25.2 Å². The average Bonchev–Trinajstić information content (AvgIpc) is 2.91. The molecule has 0 saturated carbocycles. The molecule has 21 heavy (non-hydrogen) atoms. The van der Waals surface area contributed by atoms with Gasteiger partial charge in [0, 0.05) is 52.0 Å². The Kier molecular flexibility index (Phi) is 12.4. The second-order valence-electron chi connectivity index (χ2n) is 5.18. The van der Waals surface area contributed by atoms with Crippen LogP contribution in [0.4, 0.5) is 0 Å². The van der Waals surface area contributed by atoms with Gasteiger partial charge >= 0.3 is 0 Å². The largest absolute Gasteiger partial charge is 0.396 e. The first kappa shape index (κ1) is 20.9. The summed E-state index contributed by atoms with van der Waals surface area (Å²) in [7, 11) is 1.77. The maximum absolute atomic E-state index is 9.20. The first-order valence-electron chi connectivity index (χ1n) is 7.47. The number of hydrogen-bond donors (Lipinski definition) is 3. The minimum absolute atomic E-state index is 0. The molecule has 0 bridgehead atoms. The highest BCUT2D eigenvalue weighted by Gasteiger charge is 2.34. The third kappa shape index (κ3) is 8.18. The smallest absolute Gasteiger partial charge is 0.190 e. The van der Waals surface area contributed by atoms with Gasteiger partial charge in [-0.25, -0.2) is 0 Å². The van der Waals surface area contributed by atoms with Crippen LogP contribution in [0, 0.1) is 5.41 Å². The van der Waals surface area contributed by atoms with Crippen LogP contribution in [-0.2, 0) is 9.47 Å². The lowest BCUT2D eigenvalue weighted by Crippen LogP contribution is -2.44. The Morgan fingerprint density at radius 1 is 1.43 bits per heavy atom. The molecule has 1 atom stereocenters. The van der Waals surface area contributed by atoms with Gasteiger partial charge in [-0.3, -0.25) is 4.99 Å². The number of nitrogens with zero attached hydrogens (tertiary/aromatic N) is 1. The van der Waals surface area contributed by atoms with Crippen LogP contribution in [-0.4, -0.2) is 64.2 Å². The summed E-state index contributed by atoms with van der Waals surface area (Å²) in [6, 6.07) is 0. The molecule has 0 amide bonds. The highest BCUT2D eigenvalue weighted by atomic mass is 127. The van der Waals surface area contributed by atoms with Gasteiger partial charge in [-0.15, -0.1) is 24.0 Å². The van der Waals surface area contributed by atoms with Crippen molar-refractivity contribution in [2.45, 2.75) is 26.2 Å². The lowest BCUT2D eigenvalue weighted by molar-refractivity contribution is 0.127. The van der Waals surface area contributed by atoms with Crippen molar-refractivity contribution in [1.29, 1.82) is 0 Å². The Labute approximate surface area is 145 Å². The number of guanidine groups is 1. The van der Waals surface area contributed by atoms with Crippen LogP contribution in [0.5, 0.6) is 0 Å². The molecule has 1 rings (SSSR count). The zero-order valence-corrected chi connectivity index (χ0v) is 15.5. The number of aliphatic hydroxyl groups is 1. The van der Waals surface area contributed by atoms with Crippen molar-refractivity contribution in [2.24, 2.45) is 10.4 Å². The molecular weight excluding hydrogens is 385 g/mol. The fourth-order valence-corrected chi connectivity index (χ4v) is 2.33. The fourth-order valence-electron chi connectivity index (χ4n) is 2.33. The second-order valence-corrected chi connectivity index (χ2v) is 5.18. The van der Waals surface area contributed by atoms with Crippen LogP contribution in [0.2, 0.25) is 0 Å². The third-order valence-electron chi connectivity index (χ3n) is 3.64. The molecule has 0 radical (unpaired) electrons. The molecule has 1 fully saturated rings. The summed E-state index contributed by atoms with van der Waals surface area (Å²) in [4.78, 5) is 4.21. The number of hydrogen-bond acceptors (Lipinski definition) is 4. The summed E-state index contributed by atoms with van der Waals surface area (Å²) in [5, 5.41) is 15.8. The summed E-state index contributed by atoms with van der Waals surface area (Å²) >= 11 is 0. The molecule has 3 N–H and O–H groups in total. The number of aliphatic hydroxyl groups excluding tert-OH is 1. The Balaban J connectivity index is 0.00000400. The van der Waals surface area contributed by atoms with E-state index in [1.165, 1.54) is 0 Å². The van der Waals surface area contributed by atoms with E-state index < -0.39 is 0 Å². The van der Waals surface area contributed by atoms with E-state index in [0.717, 1.165) is 58.1 Å². The minimum atomic E-state index is 0. The lowest BCUT2D eigenvalue weighted by atomic mass is 9.84. The molecule has 0 aromatic rings. The molecule has 1 heterocycles. The van der Waals surface area contributed by atoms with E-state index in [4.69, 9.17) is 9.47 Å². The molecule has 1 unspecified atom stereocenters. The van der Waals surface area contributed by atoms with Crippen LogP contribution in [0.25, 0.3) is 0 Å². The molecule has 0 spiro atoms. The zero-order chi connectivity index (χ0) is 14.7. The molecule has 0 aromatic carbocycles. The first-order valence-corrected chi connectivity index (χ1v) is 7.47. The van der Waals surface area contributed by atoms with E-state index in [1.807, 2.05) is 6.92 Å². The SMILES string of the molecule is CCOCCCNC(=NC)NCC1(CCO)CCOC1.I. The summed E-state index contributed by atoms with van der Waals surface area (Å²) in [5.41, 5.74) is 0.0394. The van der Waals surface area contributed by atoms with Crippen LogP contribution >= 0.6 is 24.0 Å². The molecule has 1 saturated heterocycles. The first-order chi connectivity index (χ1) is 9.76. The van der Waals surface area contributed by atoms with Crippen LogP contribution in [0.1, 0.15) is 26.2 Å². The van der Waals surface area contributed by atoms with E-state index in [2.05, 4.69) is 15.6 Å². The third-order valence-corrected chi connectivity index (χ3v) is 3.64. The molecule has 6 nitrogen and oxygen atoms in total. The number of aliphatic imine (C=N–C) groups is 1. The van der Waals surface area contributed by atoms with Gasteiger partial charge in [-0.1, -0.05) is 0 Å². The number of nitrogens with one attached hydrogen (secondary N) is 2. The second kappa shape index (κ2) is 12.4. The maximum Gasteiger partial charge on any atom is 0.190 e. The molecular formula is C14H30IN3O3. The highest BCUT2D eigenvalue weighted by Crippen LogP contribution is 2.31. The number of rotatable bonds is 9. The van der Waals surface area contributed by atoms with E-state index in [0.29, 0.717) is 6.61 Å². The van der Waals surface area contributed by atoms with Crippen molar-refractivity contribution in [1.82, 2.24) is 10.6 Å². The number of halogens is 1. The van der Waals surface area contributed by atoms with Crippen molar-refractivity contribution in [3.05, 3.63) is 0 Å². The van der Waals surface area contributed by atoms with Crippen molar-refractivity contribution in [3.8, 4) is 0 Å². The van der Waals surface area contributed by atoms with Gasteiger partial charge in [0.1, 0.15) is 0 Å². The van der Waals surface area contributed by atoms with Gasteiger partial charge in [0.15, 0.2) is 5.96 Å². The minimum Gasteiger partial charge on any atom is -0.396 e. The van der Waals surface area contributed by atoms with E-state index >= 15 is 0 Å². The Morgan fingerprint density at radius 2 is 2.24 bits per heavy atom. The zero-order valence-electron chi connectivity index (χ0n) is 13.2. The number of ether oxygens (including phenoxy) is 2. The van der Waals surface area contributed by atoms with Crippen LogP contribution in [0.3, 0.4) is 0 Å². The predicted molar refractivity (Wildman–Crippen MR) is 95.5 cm³/mol. The maximum atomic E-state index is 9.20. The summed E-state index contributed by atoms with van der Waals surface area (Å²) in [6.45, 7) is 6.83. The Hall–Kier alpha value is -0.120. The van der Waals surface area contributed by atoms with Gasteiger partial charge in [-0.2, -0.15) is 0 Å². The van der Waals surface area contributed by atoms with E-state index in [9.17, 15) is 5.11 Å². The standard InChI is InChI=1S/C14H29N3O3.HI/c1-3-19-9-4-7-16-13(15-2)17-11-14(5-8-18)6-10-20-12-14;/h18H,3-12H2,1-2H3,(H2,15,16,17);1H. The quantitative estimate of drug-likeness (QED) is 0.227. The van der Waals surface area contributed by atoms with Crippen molar-refractivity contribution in [2.75, 3.05) is 53.2 Å². The van der Waals surface area contributed by atoms with Gasteiger partial charge in [0.2, 0.25) is 0 Å². The topological polar surface area (TPSA) is 75.1 Å². The monoisotopic (exact) mass is 415 g/mol. The Morgan fingerprint density at radius 3 is 2.81 bits per heavy atom. The average molecular weight is 415 g/mol. The molecule has 0 aliphatic carbocycles. The van der Waals surface area contributed by atoms with Crippen LogP contribution < -0.4 is 10.6 Å². The van der Waals surface area contributed by atoms with Gasteiger partial charge in [-0.05, 0) is 26.2 Å². The summed E-state index contributed by atoms with van der Waals surface area (Å²) in [6.07, 6.45) is 2.71. The van der Waals surface area contributed by atoms with Gasteiger partial charge in [0.25, 0.3) is 0 Å². The molecule has 1 aliphatic rings. The van der Waals surface area contributed by atoms with E-state index in [-0.39, 0.29) is 36.0 Å². The van der Waals surface area contributed by atoms with Crippen LogP contribution in [0.15, 0.2) is 4.99 Å². The van der Waals surface area contributed by atoms with Crippen molar-refractivity contribution in [3.63, 3.8) is 0 Å². The van der Waals surface area contributed by atoms with Gasteiger partial charge in [0.05, 0.1) is 6.61 Å². The van der Waals surface area contributed by atoms with E-state index in [1.54, 1.807) is 7.05 Å². The molecule has 126 valence electrons. The summed E-state index contributed by atoms with van der Waals surface area (Å²) < 4.78 is 10.8. The summed E-state index contributed by atoms with van der Waals surface area (Å²) in [5.74, 6) is 0.797. The Bertz CT molecular complexity index is 285. The normalized spacial score (nSPS) is 22.0. The lowest BCUT2D eigenvalue weighted by Gasteiger charge is -2.27. The van der Waals surface area contributed by atoms with Crippen molar-refractivity contribution >= 4 is 29.9 Å². The predicted octanol–water partition coefficient (Wildman–Crippen LogP) is 0.985. The molecule has 1 aliphatic heterocycles. The highest BCUT2D eigenvalue weighted by molar-refractivity contribution is 14.0. The fraction of sp³-hybridized carbons (Fsp3) is 0.929. The molecule has 0 aromatic heterocycles. The molecule has 7 heteroatoms. The van der Waals surface area contributed by atoms with Crippen molar-refractivity contribution < 1.29 is 14.6 Å².